The molecule has 0 radical (unpaired) electrons. The predicted octanol–water partition coefficient (Wildman–Crippen LogP) is 1.26. The zero-order valence-corrected chi connectivity index (χ0v) is 7.11. The van der Waals surface area contributed by atoms with Crippen molar-refractivity contribution in [3.8, 4) is 0 Å². The van der Waals surface area contributed by atoms with Crippen molar-refractivity contribution in [2.24, 2.45) is 0 Å². The van der Waals surface area contributed by atoms with Crippen molar-refractivity contribution < 1.29 is 0 Å². The van der Waals surface area contributed by atoms with E-state index in [-0.39, 0.29) is 5.43 Å². The molecule has 0 bridgehead atoms. The van der Waals surface area contributed by atoms with Crippen LogP contribution in [-0.4, -0.2) is 10.2 Å². The lowest BCUT2D eigenvalue weighted by Crippen LogP contribution is -1.99. The van der Waals surface area contributed by atoms with Crippen LogP contribution in [0, 0.1) is 0 Å². The van der Waals surface area contributed by atoms with E-state index in [1.807, 2.05) is 19.9 Å². The van der Waals surface area contributed by atoms with Gasteiger partial charge >= 0.3 is 0 Å². The predicted molar refractivity (Wildman–Crippen MR) is 47.6 cm³/mol. The molecule has 0 amide bonds. The van der Waals surface area contributed by atoms with Crippen molar-refractivity contribution in [1.82, 2.24) is 10.2 Å². The SMILES string of the molecule is CC(C)=Cc1ccnncc1=O. The molecule has 0 saturated carbocycles. The molecule has 0 spiro atoms. The molecule has 3 nitrogen and oxygen atoms in total. The Morgan fingerprint density at radius 1 is 1.42 bits per heavy atom. The molecule has 0 saturated heterocycles. The largest absolute Gasteiger partial charge is 0.287 e. The van der Waals surface area contributed by atoms with Crippen LogP contribution in [0.2, 0.25) is 0 Å². The summed E-state index contributed by atoms with van der Waals surface area (Å²) in [4.78, 5) is 11.2. The molecule has 1 aromatic rings. The van der Waals surface area contributed by atoms with Gasteiger partial charge in [0.25, 0.3) is 0 Å². The summed E-state index contributed by atoms with van der Waals surface area (Å²) in [5.74, 6) is 0. The molecule has 1 aromatic heterocycles. The van der Waals surface area contributed by atoms with Gasteiger partial charge < -0.3 is 0 Å². The van der Waals surface area contributed by atoms with Gasteiger partial charge in [-0.3, -0.25) is 4.79 Å². The van der Waals surface area contributed by atoms with Gasteiger partial charge in [-0.05, 0) is 19.9 Å². The van der Waals surface area contributed by atoms with Crippen LogP contribution in [0.3, 0.4) is 0 Å². The molecular formula is C9H10N2O. The Hall–Kier alpha value is -1.51. The Labute approximate surface area is 70.8 Å². The molecule has 0 aliphatic rings. The summed E-state index contributed by atoms with van der Waals surface area (Å²) in [6, 6.07) is 1.66. The van der Waals surface area contributed by atoms with E-state index in [4.69, 9.17) is 0 Å². The molecule has 0 atom stereocenters. The molecule has 0 aliphatic heterocycles. The van der Waals surface area contributed by atoms with E-state index < -0.39 is 0 Å². The first kappa shape index (κ1) is 8.59. The van der Waals surface area contributed by atoms with Crippen LogP contribution in [0.1, 0.15) is 19.4 Å². The minimum absolute atomic E-state index is 0.103. The lowest BCUT2D eigenvalue weighted by atomic mass is 10.2. The van der Waals surface area contributed by atoms with Gasteiger partial charge in [-0.25, -0.2) is 0 Å². The van der Waals surface area contributed by atoms with Gasteiger partial charge in [-0.2, -0.15) is 10.2 Å². The highest BCUT2D eigenvalue weighted by Gasteiger charge is 1.91. The molecular weight excluding hydrogens is 152 g/mol. The zero-order chi connectivity index (χ0) is 8.97. The topological polar surface area (TPSA) is 42.9 Å². The maximum absolute atomic E-state index is 11.2. The number of aromatic nitrogens is 2. The third-order valence-electron chi connectivity index (χ3n) is 1.29. The second kappa shape index (κ2) is 3.76. The Morgan fingerprint density at radius 3 is 2.83 bits per heavy atom. The van der Waals surface area contributed by atoms with Gasteiger partial charge in [0, 0.05) is 5.56 Å². The highest BCUT2D eigenvalue weighted by molar-refractivity contribution is 5.50. The number of hydrogen-bond donors (Lipinski definition) is 0. The van der Waals surface area contributed by atoms with Gasteiger partial charge in [0.15, 0.2) is 0 Å². The van der Waals surface area contributed by atoms with E-state index in [2.05, 4.69) is 10.2 Å². The van der Waals surface area contributed by atoms with E-state index in [1.54, 1.807) is 6.07 Å². The molecule has 0 unspecified atom stereocenters. The number of nitrogens with zero attached hydrogens (tertiary/aromatic N) is 2. The number of hydrogen-bond acceptors (Lipinski definition) is 3. The molecule has 12 heavy (non-hydrogen) atoms. The summed E-state index contributed by atoms with van der Waals surface area (Å²) in [7, 11) is 0. The molecule has 1 rings (SSSR count). The van der Waals surface area contributed by atoms with Crippen molar-refractivity contribution in [3.63, 3.8) is 0 Å². The first-order valence-corrected chi connectivity index (χ1v) is 3.66. The molecule has 0 fully saturated rings. The van der Waals surface area contributed by atoms with Crippen LogP contribution in [0.5, 0.6) is 0 Å². The van der Waals surface area contributed by atoms with Gasteiger partial charge in [0.05, 0.1) is 12.4 Å². The minimum atomic E-state index is -0.103. The van der Waals surface area contributed by atoms with Crippen molar-refractivity contribution in [3.05, 3.63) is 39.8 Å². The summed E-state index contributed by atoms with van der Waals surface area (Å²) in [6.07, 6.45) is 4.54. The number of allylic oxidation sites excluding steroid dienone is 1. The van der Waals surface area contributed by atoms with Crippen LogP contribution in [0.25, 0.3) is 6.08 Å². The molecule has 3 heteroatoms. The highest BCUT2D eigenvalue weighted by Crippen LogP contribution is 1.97. The summed E-state index contributed by atoms with van der Waals surface area (Å²) >= 11 is 0. The Bertz CT molecular complexity index is 354. The molecule has 0 aromatic carbocycles. The first-order chi connectivity index (χ1) is 5.70. The Balaban J connectivity index is 3.28. The smallest absolute Gasteiger partial charge is 0.205 e. The monoisotopic (exact) mass is 162 g/mol. The van der Waals surface area contributed by atoms with E-state index in [0.29, 0.717) is 5.56 Å². The normalized spacial score (nSPS) is 9.17. The highest BCUT2D eigenvalue weighted by atomic mass is 16.1. The van der Waals surface area contributed by atoms with Crippen LogP contribution >= 0.6 is 0 Å². The van der Waals surface area contributed by atoms with Crippen molar-refractivity contribution in [2.45, 2.75) is 13.8 Å². The fourth-order valence-electron chi connectivity index (χ4n) is 0.825. The zero-order valence-electron chi connectivity index (χ0n) is 7.11. The summed E-state index contributed by atoms with van der Waals surface area (Å²) in [6.45, 7) is 3.88. The maximum Gasteiger partial charge on any atom is 0.205 e. The fourth-order valence-corrected chi connectivity index (χ4v) is 0.825. The second-order valence-electron chi connectivity index (χ2n) is 2.72. The fraction of sp³-hybridized carbons (Fsp3) is 0.222. The third-order valence-corrected chi connectivity index (χ3v) is 1.29. The van der Waals surface area contributed by atoms with Crippen molar-refractivity contribution in [1.29, 1.82) is 0 Å². The summed E-state index contributed by atoms with van der Waals surface area (Å²) < 4.78 is 0. The third kappa shape index (κ3) is 2.27. The molecule has 0 aliphatic carbocycles. The average molecular weight is 162 g/mol. The minimum Gasteiger partial charge on any atom is -0.287 e. The van der Waals surface area contributed by atoms with Gasteiger partial charge in [0.1, 0.15) is 0 Å². The average Bonchev–Trinajstić information content (AvgIpc) is 2.16. The van der Waals surface area contributed by atoms with Crippen LogP contribution in [0.15, 0.2) is 28.8 Å². The van der Waals surface area contributed by atoms with E-state index >= 15 is 0 Å². The van der Waals surface area contributed by atoms with Crippen LogP contribution < -0.4 is 5.43 Å². The molecule has 0 N–H and O–H groups in total. The second-order valence-corrected chi connectivity index (χ2v) is 2.72. The Morgan fingerprint density at radius 2 is 2.17 bits per heavy atom. The van der Waals surface area contributed by atoms with Gasteiger partial charge in [-0.15, -0.1) is 0 Å². The lowest BCUT2D eigenvalue weighted by molar-refractivity contribution is 1.05. The van der Waals surface area contributed by atoms with Gasteiger partial charge in [0.2, 0.25) is 5.43 Å². The summed E-state index contributed by atoms with van der Waals surface area (Å²) in [5.41, 5.74) is 1.60. The number of rotatable bonds is 1. The van der Waals surface area contributed by atoms with Crippen molar-refractivity contribution in [2.75, 3.05) is 0 Å². The summed E-state index contributed by atoms with van der Waals surface area (Å²) in [5, 5.41) is 7.12. The quantitative estimate of drug-likeness (QED) is 0.624. The molecule has 1 heterocycles. The van der Waals surface area contributed by atoms with E-state index in [0.717, 1.165) is 5.57 Å². The Kier molecular flexibility index (Phi) is 2.69. The van der Waals surface area contributed by atoms with Crippen molar-refractivity contribution >= 4 is 6.08 Å². The maximum atomic E-state index is 11.2. The standard InChI is InChI=1S/C9H10N2O/c1-7(2)5-8-3-4-10-11-6-9(8)12/h3-6H,1-2H3. The lowest BCUT2D eigenvalue weighted by Gasteiger charge is -1.86. The van der Waals surface area contributed by atoms with E-state index in [9.17, 15) is 4.79 Å². The molecule has 62 valence electrons. The van der Waals surface area contributed by atoms with Crippen LogP contribution in [-0.2, 0) is 0 Å². The van der Waals surface area contributed by atoms with E-state index in [1.165, 1.54) is 12.4 Å². The first-order valence-electron chi connectivity index (χ1n) is 3.66. The van der Waals surface area contributed by atoms with Gasteiger partial charge in [-0.1, -0.05) is 11.6 Å². The van der Waals surface area contributed by atoms with Crippen LogP contribution in [0.4, 0.5) is 0 Å².